The van der Waals surface area contributed by atoms with Crippen molar-refractivity contribution < 1.29 is 0 Å². The molecule has 16 heavy (non-hydrogen) atoms. The van der Waals surface area contributed by atoms with Crippen LogP contribution in [0.25, 0.3) is 0 Å². The van der Waals surface area contributed by atoms with E-state index in [2.05, 4.69) is 36.5 Å². The van der Waals surface area contributed by atoms with Gasteiger partial charge in [-0.25, -0.2) is 0 Å². The summed E-state index contributed by atoms with van der Waals surface area (Å²) < 4.78 is 0. The minimum atomic E-state index is 0.581. The van der Waals surface area contributed by atoms with Crippen molar-refractivity contribution in [1.82, 2.24) is 5.32 Å². The lowest BCUT2D eigenvalue weighted by atomic mass is 9.95. The first-order chi connectivity index (χ1) is 7.87. The van der Waals surface area contributed by atoms with Crippen molar-refractivity contribution >= 4 is 0 Å². The third-order valence-corrected chi connectivity index (χ3v) is 4.44. The number of aryl methyl sites for hydroxylation is 1. The van der Waals surface area contributed by atoms with Gasteiger partial charge in [-0.05, 0) is 55.8 Å². The quantitative estimate of drug-likeness (QED) is 0.762. The van der Waals surface area contributed by atoms with Crippen molar-refractivity contribution in [3.8, 4) is 0 Å². The minimum Gasteiger partial charge on any atom is -0.316 e. The fourth-order valence-electron chi connectivity index (χ4n) is 3.45. The highest BCUT2D eigenvalue weighted by Crippen LogP contribution is 2.61. The summed E-state index contributed by atoms with van der Waals surface area (Å²) in [5.74, 6) is 0.905. The molecule has 2 atom stereocenters. The van der Waals surface area contributed by atoms with Gasteiger partial charge in [0.05, 0.1) is 0 Å². The number of rotatable bonds is 4. The zero-order chi connectivity index (χ0) is 11.0. The molecule has 0 heterocycles. The third-order valence-electron chi connectivity index (χ3n) is 4.44. The first kappa shape index (κ1) is 10.3. The van der Waals surface area contributed by atoms with Crippen LogP contribution in [0.4, 0.5) is 0 Å². The van der Waals surface area contributed by atoms with Crippen LogP contribution >= 0.6 is 0 Å². The molecule has 1 saturated carbocycles. The van der Waals surface area contributed by atoms with Gasteiger partial charge >= 0.3 is 0 Å². The number of benzene rings is 1. The minimum absolute atomic E-state index is 0.581. The summed E-state index contributed by atoms with van der Waals surface area (Å²) >= 11 is 0. The molecule has 0 amide bonds. The zero-order valence-electron chi connectivity index (χ0n) is 10.1. The van der Waals surface area contributed by atoms with Crippen LogP contribution in [-0.4, -0.2) is 13.1 Å². The Balaban J connectivity index is 1.70. The van der Waals surface area contributed by atoms with Crippen molar-refractivity contribution in [2.45, 2.75) is 38.0 Å². The standard InChI is InChI=1S/C15H21N/c1-2-9-16-11-13-10-15(13)8-7-12-5-3-4-6-14(12)15/h3-6,13,16H,2,7-11H2,1H3. The highest BCUT2D eigenvalue weighted by atomic mass is 14.9. The summed E-state index contributed by atoms with van der Waals surface area (Å²) in [6.45, 7) is 4.64. The van der Waals surface area contributed by atoms with E-state index in [4.69, 9.17) is 0 Å². The molecule has 1 aromatic carbocycles. The third kappa shape index (κ3) is 1.49. The summed E-state index contributed by atoms with van der Waals surface area (Å²) in [5, 5.41) is 3.58. The summed E-state index contributed by atoms with van der Waals surface area (Å²) in [5.41, 5.74) is 3.86. The van der Waals surface area contributed by atoms with Crippen molar-refractivity contribution in [3.63, 3.8) is 0 Å². The van der Waals surface area contributed by atoms with E-state index in [1.165, 1.54) is 38.8 Å². The Morgan fingerprint density at radius 2 is 2.25 bits per heavy atom. The topological polar surface area (TPSA) is 12.0 Å². The molecule has 1 N–H and O–H groups in total. The molecule has 2 aliphatic carbocycles. The molecule has 2 aliphatic rings. The maximum absolute atomic E-state index is 3.58. The van der Waals surface area contributed by atoms with E-state index in [1.807, 2.05) is 0 Å². The Morgan fingerprint density at radius 3 is 3.12 bits per heavy atom. The molecule has 0 aliphatic heterocycles. The van der Waals surface area contributed by atoms with E-state index < -0.39 is 0 Å². The predicted octanol–water partition coefficient (Wildman–Crippen LogP) is 2.89. The second-order valence-corrected chi connectivity index (χ2v) is 5.42. The Morgan fingerprint density at radius 1 is 1.38 bits per heavy atom. The van der Waals surface area contributed by atoms with Crippen LogP contribution in [0.15, 0.2) is 24.3 Å². The van der Waals surface area contributed by atoms with Crippen molar-refractivity contribution in [2.24, 2.45) is 5.92 Å². The van der Waals surface area contributed by atoms with Crippen molar-refractivity contribution in [3.05, 3.63) is 35.4 Å². The predicted molar refractivity (Wildman–Crippen MR) is 67.7 cm³/mol. The molecule has 0 saturated heterocycles. The van der Waals surface area contributed by atoms with Crippen LogP contribution in [0.1, 0.15) is 37.3 Å². The van der Waals surface area contributed by atoms with E-state index in [1.54, 1.807) is 11.1 Å². The molecular weight excluding hydrogens is 194 g/mol. The summed E-state index contributed by atoms with van der Waals surface area (Å²) in [4.78, 5) is 0. The first-order valence-corrected chi connectivity index (χ1v) is 6.66. The molecule has 1 heteroatoms. The average Bonchev–Trinajstić information content (AvgIpc) is 2.89. The van der Waals surface area contributed by atoms with Gasteiger partial charge in [-0.15, -0.1) is 0 Å². The molecule has 1 aromatic rings. The van der Waals surface area contributed by atoms with Gasteiger partial charge < -0.3 is 5.32 Å². The van der Waals surface area contributed by atoms with Gasteiger partial charge in [-0.3, -0.25) is 0 Å². The molecule has 1 nitrogen and oxygen atoms in total. The molecule has 86 valence electrons. The SMILES string of the molecule is CCCNCC1CC12CCc1ccccc12. The highest BCUT2D eigenvalue weighted by Gasteiger charge is 2.57. The van der Waals surface area contributed by atoms with Gasteiger partial charge in [0.25, 0.3) is 0 Å². The fraction of sp³-hybridized carbons (Fsp3) is 0.600. The molecule has 2 unspecified atom stereocenters. The maximum Gasteiger partial charge on any atom is 0.000296 e. The molecular formula is C15H21N. The summed E-state index contributed by atoms with van der Waals surface area (Å²) in [6, 6.07) is 9.08. The average molecular weight is 215 g/mol. The van der Waals surface area contributed by atoms with Crippen LogP contribution in [0.2, 0.25) is 0 Å². The Kier molecular flexibility index (Phi) is 2.51. The number of hydrogen-bond donors (Lipinski definition) is 1. The fourth-order valence-corrected chi connectivity index (χ4v) is 3.45. The lowest BCUT2D eigenvalue weighted by molar-refractivity contribution is 0.546. The molecule has 0 aromatic heterocycles. The van der Waals surface area contributed by atoms with E-state index in [0.717, 1.165) is 5.92 Å². The highest BCUT2D eigenvalue weighted by molar-refractivity contribution is 5.45. The normalized spacial score (nSPS) is 30.7. The lowest BCUT2D eigenvalue weighted by Crippen LogP contribution is -2.21. The Hall–Kier alpha value is -0.820. The smallest absolute Gasteiger partial charge is 0.000296 e. The first-order valence-electron chi connectivity index (χ1n) is 6.66. The number of hydrogen-bond acceptors (Lipinski definition) is 1. The second-order valence-electron chi connectivity index (χ2n) is 5.42. The van der Waals surface area contributed by atoms with Crippen LogP contribution in [0.5, 0.6) is 0 Å². The van der Waals surface area contributed by atoms with Crippen LogP contribution in [0.3, 0.4) is 0 Å². The monoisotopic (exact) mass is 215 g/mol. The molecule has 0 bridgehead atoms. The second kappa shape index (κ2) is 3.89. The van der Waals surface area contributed by atoms with Crippen molar-refractivity contribution in [1.29, 1.82) is 0 Å². The molecule has 0 radical (unpaired) electrons. The van der Waals surface area contributed by atoms with Crippen LogP contribution in [0, 0.1) is 5.92 Å². The summed E-state index contributed by atoms with van der Waals surface area (Å²) in [7, 11) is 0. The van der Waals surface area contributed by atoms with Gasteiger partial charge in [-0.1, -0.05) is 31.2 Å². The van der Waals surface area contributed by atoms with Gasteiger partial charge in [0.15, 0.2) is 0 Å². The van der Waals surface area contributed by atoms with Crippen molar-refractivity contribution in [2.75, 3.05) is 13.1 Å². The zero-order valence-corrected chi connectivity index (χ0v) is 10.1. The number of fused-ring (bicyclic) bond motifs is 2. The van der Waals surface area contributed by atoms with Crippen LogP contribution in [-0.2, 0) is 11.8 Å². The van der Waals surface area contributed by atoms with E-state index in [0.29, 0.717) is 5.41 Å². The molecule has 3 rings (SSSR count). The van der Waals surface area contributed by atoms with E-state index in [9.17, 15) is 0 Å². The maximum atomic E-state index is 3.58. The lowest BCUT2D eigenvalue weighted by Gasteiger charge is -2.11. The van der Waals surface area contributed by atoms with E-state index in [-0.39, 0.29) is 0 Å². The van der Waals surface area contributed by atoms with Gasteiger partial charge in [0, 0.05) is 5.41 Å². The van der Waals surface area contributed by atoms with Gasteiger partial charge in [0.2, 0.25) is 0 Å². The van der Waals surface area contributed by atoms with Gasteiger partial charge in [0.1, 0.15) is 0 Å². The van der Waals surface area contributed by atoms with Gasteiger partial charge in [-0.2, -0.15) is 0 Å². The molecule has 1 spiro atoms. The van der Waals surface area contributed by atoms with Crippen LogP contribution < -0.4 is 5.32 Å². The molecule has 1 fully saturated rings. The Labute approximate surface area is 98.3 Å². The largest absolute Gasteiger partial charge is 0.316 e. The van der Waals surface area contributed by atoms with E-state index >= 15 is 0 Å². The number of nitrogens with one attached hydrogen (secondary N) is 1. The summed E-state index contributed by atoms with van der Waals surface area (Å²) in [6.07, 6.45) is 5.36. The Bertz CT molecular complexity index is 385.